The second kappa shape index (κ2) is 8.76. The zero-order chi connectivity index (χ0) is 22.7. The first-order chi connectivity index (χ1) is 15.5. The molecule has 1 aromatic heterocycles. The van der Waals surface area contributed by atoms with Crippen molar-refractivity contribution in [3.8, 4) is 11.5 Å². The Labute approximate surface area is 183 Å². The number of nitrogens with one attached hydrogen (secondary N) is 2. The molecule has 1 atom stereocenters. The van der Waals surface area contributed by atoms with Crippen molar-refractivity contribution in [3.63, 3.8) is 0 Å². The molecule has 3 N–H and O–H groups in total. The molecule has 32 heavy (non-hydrogen) atoms. The normalized spacial score (nSPS) is 15.7. The fourth-order valence-corrected chi connectivity index (χ4v) is 3.67. The number of phenolic OH excluding ortho intramolecular Hbond substituents is 1. The Bertz CT molecular complexity index is 1200. The number of rotatable bonds is 6. The van der Waals surface area contributed by atoms with Gasteiger partial charge in [0.1, 0.15) is 0 Å². The maximum atomic E-state index is 12.6. The van der Waals surface area contributed by atoms with Crippen LogP contribution in [-0.2, 0) is 0 Å². The largest absolute Gasteiger partial charge is 0.500 e. The van der Waals surface area contributed by atoms with E-state index in [1.165, 1.54) is 12.1 Å². The molecule has 3 aromatic rings. The van der Waals surface area contributed by atoms with Crippen LogP contribution in [0.15, 0.2) is 67.0 Å². The molecule has 0 spiro atoms. The Hall–Kier alpha value is -4.40. The number of phenols is 1. The van der Waals surface area contributed by atoms with Gasteiger partial charge < -0.3 is 20.5 Å². The maximum absolute atomic E-state index is 12.6. The van der Waals surface area contributed by atoms with Crippen molar-refractivity contribution in [2.45, 2.75) is 13.0 Å². The van der Waals surface area contributed by atoms with Crippen LogP contribution in [-0.4, -0.2) is 27.7 Å². The first-order valence-electron chi connectivity index (χ1n) is 9.91. The summed E-state index contributed by atoms with van der Waals surface area (Å²) in [4.78, 5) is 27.6. The molecule has 9 nitrogen and oxygen atoms in total. The van der Waals surface area contributed by atoms with E-state index < -0.39 is 28.4 Å². The summed E-state index contributed by atoms with van der Waals surface area (Å²) in [5.74, 6) is -0.581. The van der Waals surface area contributed by atoms with Crippen molar-refractivity contribution in [3.05, 3.63) is 93.8 Å². The fourth-order valence-electron chi connectivity index (χ4n) is 3.67. The Kier molecular flexibility index (Phi) is 5.71. The van der Waals surface area contributed by atoms with E-state index >= 15 is 0 Å². The average Bonchev–Trinajstić information content (AvgIpc) is 2.81. The van der Waals surface area contributed by atoms with E-state index in [-0.39, 0.29) is 12.4 Å². The lowest BCUT2D eigenvalue weighted by Gasteiger charge is -2.31. The number of ether oxygens (including phenoxy) is 1. The molecule has 2 heterocycles. The molecule has 0 saturated carbocycles. The summed E-state index contributed by atoms with van der Waals surface area (Å²) in [5.41, 5.74) is 2.71. The molecule has 0 radical (unpaired) electrons. The van der Waals surface area contributed by atoms with Gasteiger partial charge in [0.05, 0.1) is 23.3 Å². The quantitative estimate of drug-likeness (QED) is 0.399. The molecule has 2 amide bonds. The number of hydrogen-bond acceptors (Lipinski definition) is 6. The van der Waals surface area contributed by atoms with Crippen molar-refractivity contribution in [2.24, 2.45) is 0 Å². The number of urea groups is 1. The van der Waals surface area contributed by atoms with Crippen molar-refractivity contribution >= 4 is 23.0 Å². The Balaban J connectivity index is 1.98. The average molecular weight is 432 g/mol. The molecule has 0 aliphatic carbocycles. The Morgan fingerprint density at radius 1 is 1.12 bits per heavy atom. The zero-order valence-electron chi connectivity index (χ0n) is 17.1. The van der Waals surface area contributed by atoms with Crippen LogP contribution in [0.3, 0.4) is 0 Å². The van der Waals surface area contributed by atoms with E-state index in [2.05, 4.69) is 15.6 Å². The van der Waals surface area contributed by atoms with Gasteiger partial charge in [-0.25, -0.2) is 4.79 Å². The van der Waals surface area contributed by atoms with E-state index in [9.17, 15) is 20.0 Å². The third kappa shape index (κ3) is 3.95. The minimum atomic E-state index is -0.743. The van der Waals surface area contributed by atoms with Gasteiger partial charge in [0, 0.05) is 29.6 Å². The molecule has 2 aromatic carbocycles. The van der Waals surface area contributed by atoms with Gasteiger partial charge in [0.15, 0.2) is 5.75 Å². The number of aromatic nitrogens is 1. The van der Waals surface area contributed by atoms with Gasteiger partial charge in [-0.3, -0.25) is 15.1 Å². The van der Waals surface area contributed by atoms with Crippen molar-refractivity contribution in [1.82, 2.24) is 15.6 Å². The van der Waals surface area contributed by atoms with Gasteiger partial charge in [-0.2, -0.15) is 0 Å². The SMILES string of the molecule is CCOc1cc(C2NC(=O)NC(c3ccncc3)=C2c2ccccc2)cc([N+](=O)[O-])c1O. The van der Waals surface area contributed by atoms with Gasteiger partial charge in [-0.1, -0.05) is 30.3 Å². The number of pyridine rings is 1. The molecule has 4 rings (SSSR count). The highest BCUT2D eigenvalue weighted by atomic mass is 16.6. The highest BCUT2D eigenvalue weighted by Gasteiger charge is 2.32. The van der Waals surface area contributed by atoms with Gasteiger partial charge >= 0.3 is 11.7 Å². The van der Waals surface area contributed by atoms with E-state index in [0.717, 1.165) is 11.1 Å². The number of aromatic hydroxyl groups is 1. The van der Waals surface area contributed by atoms with Crippen LogP contribution < -0.4 is 15.4 Å². The van der Waals surface area contributed by atoms with Crippen LogP contribution in [0.5, 0.6) is 11.5 Å². The molecule has 9 heteroatoms. The van der Waals surface area contributed by atoms with Crippen LogP contribution in [0.25, 0.3) is 11.3 Å². The van der Waals surface area contributed by atoms with E-state index in [4.69, 9.17) is 4.74 Å². The predicted molar refractivity (Wildman–Crippen MR) is 118 cm³/mol. The van der Waals surface area contributed by atoms with Crippen molar-refractivity contribution in [2.75, 3.05) is 6.61 Å². The lowest BCUT2D eigenvalue weighted by Crippen LogP contribution is -2.43. The van der Waals surface area contributed by atoms with E-state index in [1.807, 2.05) is 30.3 Å². The first kappa shape index (κ1) is 20.9. The molecular weight excluding hydrogens is 412 g/mol. The molecule has 1 aliphatic heterocycles. The van der Waals surface area contributed by atoms with Gasteiger partial charge in [0.2, 0.25) is 5.75 Å². The number of hydrogen-bond donors (Lipinski definition) is 3. The standard InChI is InChI=1S/C23H20N4O5/c1-2-32-18-13-16(12-17(22(18)28)27(30)31)21-19(14-6-4-3-5-7-14)20(25-23(29)26-21)15-8-10-24-11-9-15/h3-13,21,28H,2H2,1H3,(H2,25,26,29). The third-order valence-electron chi connectivity index (χ3n) is 5.03. The Morgan fingerprint density at radius 2 is 1.84 bits per heavy atom. The molecule has 0 bridgehead atoms. The summed E-state index contributed by atoms with van der Waals surface area (Å²) in [7, 11) is 0. The van der Waals surface area contributed by atoms with Gasteiger partial charge in [-0.15, -0.1) is 0 Å². The number of nitro benzene ring substituents is 1. The second-order valence-corrected chi connectivity index (χ2v) is 7.00. The second-order valence-electron chi connectivity index (χ2n) is 7.00. The minimum absolute atomic E-state index is 0.0256. The predicted octanol–water partition coefficient (Wildman–Crippen LogP) is 4.02. The summed E-state index contributed by atoms with van der Waals surface area (Å²) in [6.45, 7) is 1.91. The highest BCUT2D eigenvalue weighted by molar-refractivity contribution is 6.03. The summed E-state index contributed by atoms with van der Waals surface area (Å²) < 4.78 is 5.43. The summed E-state index contributed by atoms with van der Waals surface area (Å²) in [5, 5.41) is 27.6. The molecule has 0 saturated heterocycles. The number of carbonyl (C=O) groups excluding carboxylic acids is 1. The minimum Gasteiger partial charge on any atom is -0.500 e. The number of amides is 2. The smallest absolute Gasteiger partial charge is 0.320 e. The van der Waals surface area contributed by atoms with Crippen molar-refractivity contribution < 1.29 is 19.6 Å². The molecule has 1 unspecified atom stereocenters. The van der Waals surface area contributed by atoms with Crippen LogP contribution in [0.1, 0.15) is 29.7 Å². The van der Waals surface area contributed by atoms with Crippen LogP contribution in [0, 0.1) is 10.1 Å². The van der Waals surface area contributed by atoms with E-state index in [1.54, 1.807) is 31.5 Å². The number of benzene rings is 2. The van der Waals surface area contributed by atoms with Crippen LogP contribution in [0.2, 0.25) is 0 Å². The van der Waals surface area contributed by atoms with Crippen LogP contribution in [0.4, 0.5) is 10.5 Å². The van der Waals surface area contributed by atoms with E-state index in [0.29, 0.717) is 16.8 Å². The zero-order valence-corrected chi connectivity index (χ0v) is 17.1. The fraction of sp³-hybridized carbons (Fsp3) is 0.130. The molecule has 1 aliphatic rings. The number of carbonyl (C=O) groups is 1. The maximum Gasteiger partial charge on any atom is 0.320 e. The first-order valence-corrected chi connectivity index (χ1v) is 9.91. The van der Waals surface area contributed by atoms with Gasteiger partial charge in [-0.05, 0) is 36.2 Å². The number of nitro groups is 1. The highest BCUT2D eigenvalue weighted by Crippen LogP contribution is 2.43. The molecular formula is C23H20N4O5. The lowest BCUT2D eigenvalue weighted by atomic mass is 9.87. The summed E-state index contributed by atoms with van der Waals surface area (Å²) >= 11 is 0. The van der Waals surface area contributed by atoms with Crippen LogP contribution >= 0.6 is 0 Å². The summed E-state index contributed by atoms with van der Waals surface area (Å²) in [6.07, 6.45) is 3.24. The third-order valence-corrected chi connectivity index (χ3v) is 5.03. The molecule has 162 valence electrons. The van der Waals surface area contributed by atoms with Crippen molar-refractivity contribution in [1.29, 1.82) is 0 Å². The monoisotopic (exact) mass is 432 g/mol. The van der Waals surface area contributed by atoms with Gasteiger partial charge in [0.25, 0.3) is 0 Å². The number of nitrogens with zero attached hydrogens (tertiary/aromatic N) is 2. The Morgan fingerprint density at radius 3 is 2.50 bits per heavy atom. The summed E-state index contributed by atoms with van der Waals surface area (Å²) in [6, 6.07) is 14.5. The topological polar surface area (TPSA) is 127 Å². The lowest BCUT2D eigenvalue weighted by molar-refractivity contribution is -0.386. The molecule has 0 fully saturated rings.